The van der Waals surface area contributed by atoms with E-state index in [0.29, 0.717) is 36.1 Å². The number of anilines is 1. The van der Waals surface area contributed by atoms with E-state index in [2.05, 4.69) is 4.72 Å². The molecule has 122 valence electrons. The summed E-state index contributed by atoms with van der Waals surface area (Å²) in [5, 5.41) is 0. The summed E-state index contributed by atoms with van der Waals surface area (Å²) in [7, 11) is -2.15. The first-order valence-corrected chi connectivity index (χ1v) is 8.63. The van der Waals surface area contributed by atoms with Crippen LogP contribution in [0.25, 0.3) is 0 Å². The number of hydrogen-bond acceptors (Lipinski definition) is 5. The zero-order valence-electron chi connectivity index (χ0n) is 12.6. The van der Waals surface area contributed by atoms with Gasteiger partial charge in [0.05, 0.1) is 30.9 Å². The van der Waals surface area contributed by atoms with Gasteiger partial charge in [0.15, 0.2) is 11.5 Å². The highest BCUT2D eigenvalue weighted by molar-refractivity contribution is 7.92. The Labute approximate surface area is 135 Å². The predicted molar refractivity (Wildman–Crippen MR) is 85.9 cm³/mol. The van der Waals surface area contributed by atoms with Gasteiger partial charge in [0.1, 0.15) is 5.75 Å². The van der Waals surface area contributed by atoms with Gasteiger partial charge in [0.2, 0.25) is 0 Å². The number of nitrogens with one attached hydrogen (secondary N) is 1. The molecule has 0 saturated carbocycles. The van der Waals surface area contributed by atoms with E-state index >= 15 is 0 Å². The maximum atomic E-state index is 12.4. The monoisotopic (exact) mass is 335 g/mol. The van der Waals surface area contributed by atoms with Gasteiger partial charge in [-0.05, 0) is 36.4 Å². The van der Waals surface area contributed by atoms with E-state index in [9.17, 15) is 8.42 Å². The molecule has 0 atom stereocenters. The molecular formula is C16H17NO5S. The lowest BCUT2D eigenvalue weighted by Crippen LogP contribution is -2.13. The van der Waals surface area contributed by atoms with Gasteiger partial charge in [-0.1, -0.05) is 0 Å². The summed E-state index contributed by atoms with van der Waals surface area (Å²) in [6.07, 6.45) is 0.793. The van der Waals surface area contributed by atoms with Gasteiger partial charge < -0.3 is 14.2 Å². The van der Waals surface area contributed by atoms with Gasteiger partial charge in [0, 0.05) is 12.5 Å². The summed E-state index contributed by atoms with van der Waals surface area (Å²) in [5.41, 5.74) is 0.421. The second-order valence-electron chi connectivity index (χ2n) is 4.99. The van der Waals surface area contributed by atoms with Crippen molar-refractivity contribution < 1.29 is 22.6 Å². The van der Waals surface area contributed by atoms with Crippen molar-refractivity contribution >= 4 is 15.7 Å². The highest BCUT2D eigenvalue weighted by Crippen LogP contribution is 2.33. The zero-order chi connectivity index (χ0) is 16.3. The van der Waals surface area contributed by atoms with Crippen LogP contribution in [0.1, 0.15) is 6.42 Å². The second-order valence-corrected chi connectivity index (χ2v) is 6.68. The van der Waals surface area contributed by atoms with Crippen LogP contribution in [0.3, 0.4) is 0 Å². The van der Waals surface area contributed by atoms with E-state index in [1.54, 1.807) is 30.3 Å². The molecule has 0 spiro atoms. The Bertz CT molecular complexity index is 787. The zero-order valence-corrected chi connectivity index (χ0v) is 13.4. The summed E-state index contributed by atoms with van der Waals surface area (Å²) in [5.74, 6) is 1.76. The Kier molecular flexibility index (Phi) is 4.29. The predicted octanol–water partition coefficient (Wildman–Crippen LogP) is 2.66. The van der Waals surface area contributed by atoms with Crippen molar-refractivity contribution in [3.05, 3.63) is 42.5 Å². The molecule has 23 heavy (non-hydrogen) atoms. The fraction of sp³-hybridized carbons (Fsp3) is 0.250. The van der Waals surface area contributed by atoms with Gasteiger partial charge in [-0.25, -0.2) is 8.42 Å². The van der Waals surface area contributed by atoms with Crippen LogP contribution in [0.4, 0.5) is 5.69 Å². The number of methoxy groups -OCH3 is 1. The Morgan fingerprint density at radius 3 is 2.39 bits per heavy atom. The molecule has 0 radical (unpaired) electrons. The Hall–Kier alpha value is -2.41. The summed E-state index contributed by atoms with van der Waals surface area (Å²) < 4.78 is 43.5. The lowest BCUT2D eigenvalue weighted by molar-refractivity contribution is 0.297. The van der Waals surface area contributed by atoms with E-state index in [-0.39, 0.29) is 4.90 Å². The van der Waals surface area contributed by atoms with Crippen LogP contribution in [0, 0.1) is 0 Å². The van der Waals surface area contributed by atoms with Crippen LogP contribution in [0.15, 0.2) is 47.4 Å². The van der Waals surface area contributed by atoms with E-state index in [1.807, 2.05) is 0 Å². The molecule has 1 aliphatic rings. The number of ether oxygens (including phenoxy) is 3. The maximum Gasteiger partial charge on any atom is 0.261 e. The van der Waals surface area contributed by atoms with E-state index < -0.39 is 10.0 Å². The third-order valence-electron chi connectivity index (χ3n) is 3.37. The van der Waals surface area contributed by atoms with E-state index in [1.165, 1.54) is 19.2 Å². The van der Waals surface area contributed by atoms with Crippen LogP contribution in [-0.2, 0) is 10.0 Å². The molecule has 0 fully saturated rings. The van der Waals surface area contributed by atoms with Crippen molar-refractivity contribution in [2.75, 3.05) is 25.0 Å². The minimum Gasteiger partial charge on any atom is -0.497 e. The molecule has 1 aliphatic heterocycles. The largest absolute Gasteiger partial charge is 0.497 e. The Balaban J connectivity index is 1.83. The third-order valence-corrected chi connectivity index (χ3v) is 4.77. The van der Waals surface area contributed by atoms with Crippen LogP contribution in [0.5, 0.6) is 17.2 Å². The first-order valence-electron chi connectivity index (χ1n) is 7.15. The molecule has 3 rings (SSSR count). The molecule has 1 heterocycles. The number of hydrogen-bond donors (Lipinski definition) is 1. The SMILES string of the molecule is COc1ccc(S(=O)(=O)Nc2ccc3c(c2)OCCCO3)cc1. The maximum absolute atomic E-state index is 12.4. The smallest absolute Gasteiger partial charge is 0.261 e. The van der Waals surface area contributed by atoms with Crippen molar-refractivity contribution in [3.63, 3.8) is 0 Å². The topological polar surface area (TPSA) is 73.9 Å². The minimum absolute atomic E-state index is 0.158. The van der Waals surface area contributed by atoms with E-state index in [4.69, 9.17) is 14.2 Å². The van der Waals surface area contributed by atoms with Gasteiger partial charge in [-0.2, -0.15) is 0 Å². The molecule has 2 aromatic carbocycles. The highest BCUT2D eigenvalue weighted by Gasteiger charge is 2.16. The third kappa shape index (κ3) is 3.50. The minimum atomic E-state index is -3.68. The average Bonchev–Trinajstić information content (AvgIpc) is 2.79. The first-order chi connectivity index (χ1) is 11.1. The van der Waals surface area contributed by atoms with Crippen LogP contribution >= 0.6 is 0 Å². The Morgan fingerprint density at radius 1 is 1.00 bits per heavy atom. The lowest BCUT2D eigenvalue weighted by Gasteiger charge is -2.12. The van der Waals surface area contributed by atoms with Crippen LogP contribution in [0.2, 0.25) is 0 Å². The molecule has 0 saturated heterocycles. The molecule has 0 bridgehead atoms. The molecule has 6 nitrogen and oxygen atoms in total. The first kappa shape index (κ1) is 15.5. The quantitative estimate of drug-likeness (QED) is 0.930. The van der Waals surface area contributed by atoms with E-state index in [0.717, 1.165) is 6.42 Å². The standard InChI is InChI=1S/C16H17NO5S/c1-20-13-4-6-14(7-5-13)23(18,19)17-12-3-8-15-16(11-12)22-10-2-9-21-15/h3-8,11,17H,2,9-10H2,1H3. The molecule has 2 aromatic rings. The molecular weight excluding hydrogens is 318 g/mol. The number of sulfonamides is 1. The normalized spacial score (nSPS) is 14.0. The van der Waals surface area contributed by atoms with Crippen LogP contribution in [-0.4, -0.2) is 28.7 Å². The summed E-state index contributed by atoms with van der Waals surface area (Å²) in [4.78, 5) is 0.158. The Morgan fingerprint density at radius 2 is 1.70 bits per heavy atom. The van der Waals surface area contributed by atoms with Crippen LogP contribution < -0.4 is 18.9 Å². The van der Waals surface area contributed by atoms with Crippen molar-refractivity contribution in [1.29, 1.82) is 0 Å². The van der Waals surface area contributed by atoms with Gasteiger partial charge >= 0.3 is 0 Å². The lowest BCUT2D eigenvalue weighted by atomic mass is 10.3. The highest BCUT2D eigenvalue weighted by atomic mass is 32.2. The molecule has 0 aliphatic carbocycles. The van der Waals surface area contributed by atoms with Gasteiger partial charge in [-0.15, -0.1) is 0 Å². The number of fused-ring (bicyclic) bond motifs is 1. The fourth-order valence-corrected chi connectivity index (χ4v) is 3.25. The molecule has 1 N–H and O–H groups in total. The molecule has 7 heteroatoms. The van der Waals surface area contributed by atoms with Gasteiger partial charge in [0.25, 0.3) is 10.0 Å². The van der Waals surface area contributed by atoms with Crippen molar-refractivity contribution in [3.8, 4) is 17.2 Å². The fourth-order valence-electron chi connectivity index (χ4n) is 2.20. The summed E-state index contributed by atoms with van der Waals surface area (Å²) in [6.45, 7) is 1.13. The molecule has 0 aromatic heterocycles. The molecule has 0 amide bonds. The average molecular weight is 335 g/mol. The van der Waals surface area contributed by atoms with Crippen molar-refractivity contribution in [2.24, 2.45) is 0 Å². The second kappa shape index (κ2) is 6.37. The molecule has 0 unspecified atom stereocenters. The summed E-state index contributed by atoms with van der Waals surface area (Å²) >= 11 is 0. The van der Waals surface area contributed by atoms with Crippen molar-refractivity contribution in [2.45, 2.75) is 11.3 Å². The number of benzene rings is 2. The summed E-state index contributed by atoms with van der Waals surface area (Å²) in [6, 6.07) is 11.2. The van der Waals surface area contributed by atoms with Gasteiger partial charge in [-0.3, -0.25) is 4.72 Å². The van der Waals surface area contributed by atoms with Crippen molar-refractivity contribution in [1.82, 2.24) is 0 Å². The number of rotatable bonds is 4.